The molecule has 1 aromatic carbocycles. The lowest BCUT2D eigenvalue weighted by Gasteiger charge is -2.33. The first-order valence-electron chi connectivity index (χ1n) is 8.15. The van der Waals surface area contributed by atoms with E-state index in [-0.39, 0.29) is 24.1 Å². The van der Waals surface area contributed by atoms with E-state index in [4.69, 9.17) is 0 Å². The quantitative estimate of drug-likeness (QED) is 0.852. The van der Waals surface area contributed by atoms with Gasteiger partial charge in [0.25, 0.3) is 0 Å². The molecule has 128 valence electrons. The Morgan fingerprint density at radius 1 is 1.26 bits per heavy atom. The number of fused-ring (bicyclic) bond motifs is 1. The monoisotopic (exact) mass is 341 g/mol. The lowest BCUT2D eigenvalue weighted by molar-refractivity contribution is -0.122. The molecule has 0 saturated carbocycles. The van der Waals surface area contributed by atoms with E-state index >= 15 is 0 Å². The van der Waals surface area contributed by atoms with Crippen molar-refractivity contribution in [2.24, 2.45) is 11.8 Å². The van der Waals surface area contributed by atoms with Crippen LogP contribution in [0.15, 0.2) is 24.3 Å². The van der Waals surface area contributed by atoms with E-state index in [9.17, 15) is 9.18 Å². The van der Waals surface area contributed by atoms with Gasteiger partial charge in [-0.1, -0.05) is 12.1 Å². The third-order valence-corrected chi connectivity index (χ3v) is 4.80. The zero-order chi connectivity index (χ0) is 15.4. The second kappa shape index (κ2) is 8.62. The van der Waals surface area contributed by atoms with Gasteiger partial charge in [-0.2, -0.15) is 0 Å². The Labute approximate surface area is 143 Å². The summed E-state index contributed by atoms with van der Waals surface area (Å²) in [5.41, 5.74) is 1.04. The molecule has 2 heterocycles. The summed E-state index contributed by atoms with van der Waals surface area (Å²) >= 11 is 0. The molecule has 6 heteroatoms. The van der Waals surface area contributed by atoms with Gasteiger partial charge >= 0.3 is 0 Å². The molecule has 0 aromatic heterocycles. The van der Waals surface area contributed by atoms with Crippen LogP contribution in [-0.2, 0) is 11.2 Å². The molecular formula is C17H25ClFN3O. The zero-order valence-electron chi connectivity index (χ0n) is 13.3. The Bertz CT molecular complexity index is 511. The minimum atomic E-state index is -0.224. The Morgan fingerprint density at radius 3 is 2.78 bits per heavy atom. The number of hydrogen-bond acceptors (Lipinski definition) is 3. The van der Waals surface area contributed by atoms with Crippen LogP contribution in [0.5, 0.6) is 0 Å². The summed E-state index contributed by atoms with van der Waals surface area (Å²) in [6, 6.07) is 6.44. The van der Waals surface area contributed by atoms with Crippen molar-refractivity contribution in [3.63, 3.8) is 0 Å². The van der Waals surface area contributed by atoms with Crippen LogP contribution in [0, 0.1) is 17.7 Å². The first-order valence-corrected chi connectivity index (χ1v) is 8.15. The van der Waals surface area contributed by atoms with Crippen molar-refractivity contribution in [2.75, 3.05) is 39.3 Å². The molecule has 2 saturated heterocycles. The van der Waals surface area contributed by atoms with Crippen LogP contribution in [0.2, 0.25) is 0 Å². The fraction of sp³-hybridized carbons (Fsp3) is 0.588. The Balaban J connectivity index is 0.00000192. The van der Waals surface area contributed by atoms with Gasteiger partial charge in [-0.3, -0.25) is 9.69 Å². The molecule has 3 rings (SSSR count). The van der Waals surface area contributed by atoms with Crippen LogP contribution in [0.4, 0.5) is 4.39 Å². The van der Waals surface area contributed by atoms with Crippen molar-refractivity contribution in [2.45, 2.75) is 12.8 Å². The molecular weight excluding hydrogens is 317 g/mol. The predicted molar refractivity (Wildman–Crippen MR) is 91.3 cm³/mol. The van der Waals surface area contributed by atoms with Crippen LogP contribution in [0.1, 0.15) is 12.0 Å². The summed E-state index contributed by atoms with van der Waals surface area (Å²) in [5.74, 6) is 1.38. The van der Waals surface area contributed by atoms with Crippen molar-refractivity contribution in [3.05, 3.63) is 35.6 Å². The van der Waals surface area contributed by atoms with Crippen molar-refractivity contribution in [1.29, 1.82) is 0 Å². The van der Waals surface area contributed by atoms with E-state index in [0.717, 1.165) is 44.1 Å². The maximum Gasteiger partial charge on any atom is 0.234 e. The predicted octanol–water partition coefficient (Wildman–Crippen LogP) is 1.45. The average molecular weight is 342 g/mol. The number of likely N-dealkylation sites (tertiary alicyclic amines) is 1. The molecule has 0 aliphatic carbocycles. The SMILES string of the molecule is Cl.O=C(CN1CCC2CNCC2C1)NCCc1ccc(F)cc1. The van der Waals surface area contributed by atoms with Gasteiger partial charge in [0, 0.05) is 13.1 Å². The molecule has 1 amide bonds. The van der Waals surface area contributed by atoms with Gasteiger partial charge in [0.05, 0.1) is 6.54 Å². The van der Waals surface area contributed by atoms with Gasteiger partial charge in [-0.05, 0) is 62.0 Å². The van der Waals surface area contributed by atoms with E-state index in [1.54, 1.807) is 12.1 Å². The second-order valence-electron chi connectivity index (χ2n) is 6.43. The Hall–Kier alpha value is -1.17. The number of carbonyl (C=O) groups is 1. The molecule has 0 spiro atoms. The summed E-state index contributed by atoms with van der Waals surface area (Å²) in [6.07, 6.45) is 1.93. The normalized spacial score (nSPS) is 23.9. The van der Waals surface area contributed by atoms with E-state index in [2.05, 4.69) is 15.5 Å². The molecule has 4 nitrogen and oxygen atoms in total. The number of hydrogen-bond donors (Lipinski definition) is 2. The fourth-order valence-electron chi connectivity index (χ4n) is 3.51. The minimum absolute atomic E-state index is 0. The number of halogens is 2. The van der Waals surface area contributed by atoms with Crippen LogP contribution in [-0.4, -0.2) is 50.1 Å². The molecule has 23 heavy (non-hydrogen) atoms. The van der Waals surface area contributed by atoms with Gasteiger partial charge in [-0.15, -0.1) is 12.4 Å². The molecule has 2 N–H and O–H groups in total. The molecule has 1 aromatic rings. The molecule has 2 unspecified atom stereocenters. The standard InChI is InChI=1S/C17H24FN3O.ClH/c18-16-3-1-13(2-4-16)5-7-20-17(22)12-21-8-6-14-9-19-10-15(14)11-21;/h1-4,14-15,19H,5-12H2,(H,20,22);1H. The summed E-state index contributed by atoms with van der Waals surface area (Å²) in [5, 5.41) is 6.40. The maximum atomic E-state index is 12.8. The molecule has 2 aliphatic heterocycles. The number of benzene rings is 1. The second-order valence-corrected chi connectivity index (χ2v) is 6.43. The van der Waals surface area contributed by atoms with E-state index in [0.29, 0.717) is 19.0 Å². The molecule has 2 aliphatic rings. The number of carbonyl (C=O) groups excluding carboxylic acids is 1. The van der Waals surface area contributed by atoms with Crippen LogP contribution in [0.25, 0.3) is 0 Å². The van der Waals surface area contributed by atoms with E-state index in [1.807, 2.05) is 0 Å². The maximum absolute atomic E-state index is 12.8. The highest BCUT2D eigenvalue weighted by atomic mass is 35.5. The van der Waals surface area contributed by atoms with Gasteiger partial charge in [0.2, 0.25) is 5.91 Å². The number of piperidine rings is 1. The average Bonchev–Trinajstić information content (AvgIpc) is 2.97. The highest BCUT2D eigenvalue weighted by molar-refractivity contribution is 5.85. The van der Waals surface area contributed by atoms with Crippen molar-refractivity contribution in [1.82, 2.24) is 15.5 Å². The topological polar surface area (TPSA) is 44.4 Å². The van der Waals surface area contributed by atoms with Crippen molar-refractivity contribution in [3.8, 4) is 0 Å². The summed E-state index contributed by atoms with van der Waals surface area (Å²) in [7, 11) is 0. The number of amides is 1. The van der Waals surface area contributed by atoms with Crippen LogP contribution in [0.3, 0.4) is 0 Å². The third kappa shape index (κ3) is 5.16. The van der Waals surface area contributed by atoms with Crippen molar-refractivity contribution >= 4 is 18.3 Å². The lowest BCUT2D eigenvalue weighted by Crippen LogP contribution is -2.45. The number of nitrogens with zero attached hydrogens (tertiary/aromatic N) is 1. The number of rotatable bonds is 5. The third-order valence-electron chi connectivity index (χ3n) is 4.80. The smallest absolute Gasteiger partial charge is 0.234 e. The Kier molecular flexibility index (Phi) is 6.81. The van der Waals surface area contributed by atoms with E-state index < -0.39 is 0 Å². The number of nitrogens with one attached hydrogen (secondary N) is 2. The fourth-order valence-corrected chi connectivity index (χ4v) is 3.51. The molecule has 0 bridgehead atoms. The first-order chi connectivity index (χ1) is 10.7. The largest absolute Gasteiger partial charge is 0.355 e. The summed E-state index contributed by atoms with van der Waals surface area (Å²) in [4.78, 5) is 14.3. The molecule has 0 radical (unpaired) electrons. The van der Waals surface area contributed by atoms with E-state index in [1.165, 1.54) is 18.6 Å². The first kappa shape index (κ1) is 18.2. The minimum Gasteiger partial charge on any atom is -0.355 e. The van der Waals surface area contributed by atoms with Gasteiger partial charge in [0.1, 0.15) is 5.82 Å². The van der Waals surface area contributed by atoms with Gasteiger partial charge < -0.3 is 10.6 Å². The highest BCUT2D eigenvalue weighted by Crippen LogP contribution is 2.26. The van der Waals surface area contributed by atoms with Crippen molar-refractivity contribution < 1.29 is 9.18 Å². The summed E-state index contributed by atoms with van der Waals surface area (Å²) in [6.45, 7) is 5.38. The van der Waals surface area contributed by atoms with Crippen LogP contribution < -0.4 is 10.6 Å². The van der Waals surface area contributed by atoms with Gasteiger partial charge in [-0.25, -0.2) is 4.39 Å². The molecule has 2 fully saturated rings. The Morgan fingerprint density at radius 2 is 2.00 bits per heavy atom. The summed E-state index contributed by atoms with van der Waals surface area (Å²) < 4.78 is 12.8. The highest BCUT2D eigenvalue weighted by Gasteiger charge is 2.33. The van der Waals surface area contributed by atoms with Gasteiger partial charge in [0.15, 0.2) is 0 Å². The lowest BCUT2D eigenvalue weighted by atomic mass is 9.89. The molecule has 2 atom stereocenters. The zero-order valence-corrected chi connectivity index (χ0v) is 14.1. The van der Waals surface area contributed by atoms with Crippen LogP contribution >= 0.6 is 12.4 Å².